The van der Waals surface area contributed by atoms with Gasteiger partial charge in [0.25, 0.3) is 5.56 Å². The van der Waals surface area contributed by atoms with Crippen molar-refractivity contribution in [2.75, 3.05) is 6.79 Å². The van der Waals surface area contributed by atoms with Gasteiger partial charge in [0.15, 0.2) is 11.5 Å². The number of aryl methyl sites for hydroxylation is 5. The molecule has 0 spiro atoms. The summed E-state index contributed by atoms with van der Waals surface area (Å²) in [7, 11) is -3.97. The van der Waals surface area contributed by atoms with Crippen molar-refractivity contribution >= 4 is 20.9 Å². The number of hydrogen-bond donors (Lipinski definition) is 1. The van der Waals surface area contributed by atoms with Gasteiger partial charge in [-0.2, -0.15) is 4.31 Å². The highest BCUT2D eigenvalue weighted by Gasteiger charge is 2.30. The van der Waals surface area contributed by atoms with Crippen molar-refractivity contribution in [1.82, 2.24) is 9.29 Å². The fraction of sp³-hybridized carbons (Fsp3) is 0.276. The fourth-order valence-electron chi connectivity index (χ4n) is 5.00. The number of rotatable bonds is 6. The highest BCUT2D eigenvalue weighted by Crippen LogP contribution is 2.34. The first-order valence-corrected chi connectivity index (χ1v) is 13.6. The van der Waals surface area contributed by atoms with Gasteiger partial charge in [-0.15, -0.1) is 0 Å². The van der Waals surface area contributed by atoms with Crippen LogP contribution >= 0.6 is 0 Å². The summed E-state index contributed by atoms with van der Waals surface area (Å²) in [5.74, 6) is 1.20. The molecule has 0 radical (unpaired) electrons. The lowest BCUT2D eigenvalue weighted by atomic mass is 10.0. The third-order valence-electron chi connectivity index (χ3n) is 6.88. The van der Waals surface area contributed by atoms with Gasteiger partial charge in [-0.1, -0.05) is 23.8 Å². The minimum Gasteiger partial charge on any atom is -0.454 e. The van der Waals surface area contributed by atoms with Crippen LogP contribution in [0.25, 0.3) is 10.9 Å². The number of nitrogens with one attached hydrogen (secondary N) is 1. The van der Waals surface area contributed by atoms with Crippen LogP contribution in [0.15, 0.2) is 58.2 Å². The molecule has 0 fully saturated rings. The van der Waals surface area contributed by atoms with E-state index in [9.17, 15) is 13.2 Å². The zero-order valence-corrected chi connectivity index (χ0v) is 22.5. The standard InChI is InChI=1S/C29H30N2O5S/c1-17-8-20(4)28(21(5)9-17)37(33,34)31(14-22-6-7-26-27(12-22)36-16-35-26)15-24-13-23-10-18(2)19(3)11-25(23)30-29(24)32/h6-13H,14-16H2,1-5H3,(H,30,32). The Labute approximate surface area is 216 Å². The van der Waals surface area contributed by atoms with E-state index in [1.54, 1.807) is 32.0 Å². The number of sulfonamides is 1. The molecule has 4 aromatic rings. The van der Waals surface area contributed by atoms with Crippen LogP contribution in [-0.4, -0.2) is 24.5 Å². The zero-order valence-electron chi connectivity index (χ0n) is 21.6. The second kappa shape index (κ2) is 9.36. The van der Waals surface area contributed by atoms with Gasteiger partial charge in [0.1, 0.15) is 0 Å². The maximum atomic E-state index is 14.2. The molecule has 8 heteroatoms. The summed E-state index contributed by atoms with van der Waals surface area (Å²) in [6.45, 7) is 9.68. The quantitative estimate of drug-likeness (QED) is 0.380. The molecule has 7 nitrogen and oxygen atoms in total. The van der Waals surface area contributed by atoms with Crippen LogP contribution in [0.5, 0.6) is 11.5 Å². The molecule has 0 aliphatic carbocycles. The summed E-state index contributed by atoms with van der Waals surface area (Å²) in [6, 6.07) is 14.9. The van der Waals surface area contributed by atoms with E-state index < -0.39 is 10.0 Å². The number of fused-ring (bicyclic) bond motifs is 2. The molecule has 192 valence electrons. The molecule has 1 N–H and O–H groups in total. The molecule has 0 bridgehead atoms. The van der Waals surface area contributed by atoms with Crippen molar-refractivity contribution in [3.8, 4) is 11.5 Å². The number of aromatic amines is 1. The van der Waals surface area contributed by atoms with Crippen LogP contribution < -0.4 is 15.0 Å². The topological polar surface area (TPSA) is 88.7 Å². The zero-order chi connectivity index (χ0) is 26.5. The lowest BCUT2D eigenvalue weighted by Crippen LogP contribution is -2.33. The molecule has 1 aliphatic heterocycles. The van der Waals surface area contributed by atoms with Gasteiger partial charge < -0.3 is 14.5 Å². The maximum absolute atomic E-state index is 14.2. The molecule has 5 rings (SSSR count). The largest absolute Gasteiger partial charge is 0.454 e. The van der Waals surface area contributed by atoms with Crippen LogP contribution in [-0.2, 0) is 23.1 Å². The average molecular weight is 519 g/mol. The smallest absolute Gasteiger partial charge is 0.252 e. The molecular formula is C29H30N2O5S. The average Bonchev–Trinajstić information content (AvgIpc) is 3.27. The molecule has 0 saturated carbocycles. The summed E-state index contributed by atoms with van der Waals surface area (Å²) >= 11 is 0. The van der Waals surface area contributed by atoms with Crippen molar-refractivity contribution < 1.29 is 17.9 Å². The third-order valence-corrected chi connectivity index (χ3v) is 8.98. The van der Waals surface area contributed by atoms with E-state index in [1.807, 2.05) is 51.1 Å². The Balaban J connectivity index is 1.61. The molecule has 37 heavy (non-hydrogen) atoms. The van der Waals surface area contributed by atoms with Crippen LogP contribution in [0, 0.1) is 34.6 Å². The first-order chi connectivity index (χ1) is 17.5. The first kappa shape index (κ1) is 25.0. The van der Waals surface area contributed by atoms with E-state index in [0.29, 0.717) is 28.2 Å². The Morgan fingerprint density at radius 1 is 0.811 bits per heavy atom. The second-order valence-corrected chi connectivity index (χ2v) is 11.7. The van der Waals surface area contributed by atoms with E-state index in [1.165, 1.54) is 4.31 Å². The van der Waals surface area contributed by atoms with Crippen molar-refractivity contribution in [2.45, 2.75) is 52.6 Å². The van der Waals surface area contributed by atoms with Crippen molar-refractivity contribution in [3.63, 3.8) is 0 Å². The second-order valence-electron chi connectivity index (χ2n) is 9.84. The number of hydrogen-bond acceptors (Lipinski definition) is 5. The van der Waals surface area contributed by atoms with Gasteiger partial charge in [0, 0.05) is 24.2 Å². The lowest BCUT2D eigenvalue weighted by molar-refractivity contribution is 0.174. The van der Waals surface area contributed by atoms with Gasteiger partial charge in [0.05, 0.1) is 4.90 Å². The van der Waals surface area contributed by atoms with Crippen LogP contribution in [0.2, 0.25) is 0 Å². The number of benzene rings is 3. The summed E-state index contributed by atoms with van der Waals surface area (Å²) in [6.07, 6.45) is 0. The normalized spacial score (nSPS) is 13.0. The van der Waals surface area contributed by atoms with Gasteiger partial charge in [0.2, 0.25) is 16.8 Å². The Bertz CT molecular complexity index is 1680. The van der Waals surface area contributed by atoms with Crippen molar-refractivity contribution in [2.24, 2.45) is 0 Å². The molecule has 1 aliphatic rings. The number of aromatic nitrogens is 1. The molecule has 2 heterocycles. The summed E-state index contributed by atoms with van der Waals surface area (Å²) in [4.78, 5) is 16.3. The summed E-state index contributed by atoms with van der Waals surface area (Å²) < 4.78 is 40.6. The molecule has 1 aromatic heterocycles. The van der Waals surface area contributed by atoms with E-state index in [4.69, 9.17) is 9.47 Å². The summed E-state index contributed by atoms with van der Waals surface area (Å²) in [5.41, 5.74) is 6.05. The maximum Gasteiger partial charge on any atom is 0.252 e. The number of H-pyrrole nitrogens is 1. The first-order valence-electron chi connectivity index (χ1n) is 12.1. The van der Waals surface area contributed by atoms with E-state index in [2.05, 4.69) is 4.98 Å². The minimum absolute atomic E-state index is 0.0656. The van der Waals surface area contributed by atoms with Crippen LogP contribution in [0.3, 0.4) is 0 Å². The predicted molar refractivity (Wildman–Crippen MR) is 144 cm³/mol. The van der Waals surface area contributed by atoms with Crippen LogP contribution in [0.1, 0.15) is 38.9 Å². The lowest BCUT2D eigenvalue weighted by Gasteiger charge is -2.25. The van der Waals surface area contributed by atoms with Gasteiger partial charge in [-0.05, 0) is 98.2 Å². The Morgan fingerprint density at radius 2 is 1.49 bits per heavy atom. The number of nitrogens with zero attached hydrogens (tertiary/aromatic N) is 1. The van der Waals surface area contributed by atoms with E-state index in [0.717, 1.165) is 33.2 Å². The Morgan fingerprint density at radius 3 is 2.22 bits per heavy atom. The molecule has 0 atom stereocenters. The number of pyridine rings is 1. The monoisotopic (exact) mass is 518 g/mol. The van der Waals surface area contributed by atoms with E-state index >= 15 is 0 Å². The molecule has 0 unspecified atom stereocenters. The predicted octanol–water partition coefficient (Wildman–Crippen LogP) is 5.19. The third kappa shape index (κ3) is 4.74. The van der Waals surface area contributed by atoms with E-state index in [-0.39, 0.29) is 30.3 Å². The molecule has 3 aromatic carbocycles. The Kier molecular flexibility index (Phi) is 6.33. The molecule has 0 amide bonds. The van der Waals surface area contributed by atoms with Gasteiger partial charge in [-0.25, -0.2) is 8.42 Å². The number of ether oxygens (including phenoxy) is 2. The van der Waals surface area contributed by atoms with Gasteiger partial charge in [-0.3, -0.25) is 4.79 Å². The van der Waals surface area contributed by atoms with Crippen LogP contribution in [0.4, 0.5) is 0 Å². The van der Waals surface area contributed by atoms with Gasteiger partial charge >= 0.3 is 0 Å². The highest BCUT2D eigenvalue weighted by atomic mass is 32.2. The van der Waals surface area contributed by atoms with Crippen molar-refractivity contribution in [3.05, 3.63) is 97.8 Å². The highest BCUT2D eigenvalue weighted by molar-refractivity contribution is 7.89. The van der Waals surface area contributed by atoms with Crippen molar-refractivity contribution in [1.29, 1.82) is 0 Å². The molecule has 0 saturated heterocycles. The summed E-state index contributed by atoms with van der Waals surface area (Å²) in [5, 5.41) is 0.862. The minimum atomic E-state index is -3.97. The Hall–Kier alpha value is -3.62. The molecular weight excluding hydrogens is 488 g/mol. The fourth-order valence-corrected chi connectivity index (χ4v) is 6.82. The SMILES string of the molecule is Cc1cc(C)c(S(=O)(=O)N(Cc2ccc3c(c2)OCO3)Cc2cc3cc(C)c(C)cc3[nH]c2=O)c(C)c1.